The maximum absolute atomic E-state index is 12.8. The number of carbonyl (C=O) groups is 2. The van der Waals surface area contributed by atoms with Crippen molar-refractivity contribution in [2.24, 2.45) is 0 Å². The van der Waals surface area contributed by atoms with Crippen LogP contribution < -0.4 is 0 Å². The van der Waals surface area contributed by atoms with Crippen LogP contribution in [0, 0.1) is 0 Å². The molecule has 28 heavy (non-hydrogen) atoms. The van der Waals surface area contributed by atoms with E-state index in [-0.39, 0.29) is 17.6 Å². The van der Waals surface area contributed by atoms with Gasteiger partial charge in [0.1, 0.15) is 11.4 Å². The molecule has 2 N–H and O–H groups in total. The molecule has 0 fully saturated rings. The Hall–Kier alpha value is -3.93. The maximum Gasteiger partial charge on any atom is 0.263 e. The molecule has 0 saturated heterocycles. The van der Waals surface area contributed by atoms with E-state index >= 15 is 0 Å². The normalized spacial score (nSPS) is 13.4. The van der Waals surface area contributed by atoms with E-state index in [9.17, 15) is 14.7 Å². The molecule has 2 heterocycles. The Bertz CT molecular complexity index is 1280. The third-order valence-electron chi connectivity index (χ3n) is 5.14. The SMILES string of the molecule is CN1C(=O)c2c(-c3ccccc3)cc3c(-c4ccccc4O)n[nH]c3c2C1=O. The summed E-state index contributed by atoms with van der Waals surface area (Å²) in [6, 6.07) is 18.2. The lowest BCUT2D eigenvalue weighted by atomic mass is 9.92. The Labute approximate surface area is 160 Å². The second-order valence-electron chi connectivity index (χ2n) is 6.72. The fourth-order valence-electron chi connectivity index (χ4n) is 3.75. The van der Waals surface area contributed by atoms with Crippen molar-refractivity contribution in [1.82, 2.24) is 15.1 Å². The monoisotopic (exact) mass is 369 g/mol. The van der Waals surface area contributed by atoms with Gasteiger partial charge >= 0.3 is 0 Å². The highest BCUT2D eigenvalue weighted by Crippen LogP contribution is 2.41. The Morgan fingerprint density at radius 3 is 2.32 bits per heavy atom. The largest absolute Gasteiger partial charge is 0.507 e. The fraction of sp³-hybridized carbons (Fsp3) is 0.0455. The number of hydrogen-bond acceptors (Lipinski definition) is 4. The molecule has 2 amide bonds. The number of fused-ring (bicyclic) bond motifs is 3. The summed E-state index contributed by atoms with van der Waals surface area (Å²) in [6.45, 7) is 0. The number of nitrogens with zero attached hydrogens (tertiary/aromatic N) is 2. The maximum atomic E-state index is 12.8. The Balaban J connectivity index is 1.90. The van der Waals surface area contributed by atoms with Gasteiger partial charge in [-0.05, 0) is 29.3 Å². The number of amides is 2. The Morgan fingerprint density at radius 1 is 0.893 bits per heavy atom. The predicted molar refractivity (Wildman–Crippen MR) is 105 cm³/mol. The number of H-pyrrole nitrogens is 1. The molecule has 5 rings (SSSR count). The standard InChI is InChI=1S/C22H15N3O3/c1-25-21(27)17-14(12-7-3-2-4-8-12)11-15-19(13-9-5-6-10-16(13)26)23-24-20(15)18(17)22(25)28/h2-11,26H,1H3,(H,23,24). The van der Waals surface area contributed by atoms with Gasteiger partial charge in [0.05, 0.1) is 16.6 Å². The van der Waals surface area contributed by atoms with Crippen molar-refractivity contribution in [2.45, 2.75) is 0 Å². The van der Waals surface area contributed by atoms with Gasteiger partial charge in [0.2, 0.25) is 0 Å². The van der Waals surface area contributed by atoms with E-state index in [4.69, 9.17) is 0 Å². The zero-order valence-corrected chi connectivity index (χ0v) is 14.9. The fourth-order valence-corrected chi connectivity index (χ4v) is 3.75. The Kier molecular flexibility index (Phi) is 3.36. The molecule has 0 bridgehead atoms. The molecule has 6 heteroatoms. The number of aromatic nitrogens is 2. The summed E-state index contributed by atoms with van der Waals surface area (Å²) < 4.78 is 0. The number of phenols is 1. The quantitative estimate of drug-likeness (QED) is 0.526. The van der Waals surface area contributed by atoms with E-state index < -0.39 is 0 Å². The molecule has 6 nitrogen and oxygen atoms in total. The van der Waals surface area contributed by atoms with Crippen molar-refractivity contribution in [2.75, 3.05) is 7.05 Å². The number of aromatic amines is 1. The highest BCUT2D eigenvalue weighted by Gasteiger charge is 2.38. The molecule has 1 aromatic heterocycles. The molecule has 1 aliphatic rings. The summed E-state index contributed by atoms with van der Waals surface area (Å²) >= 11 is 0. The zero-order chi connectivity index (χ0) is 19.4. The van der Waals surface area contributed by atoms with E-state index in [0.29, 0.717) is 38.9 Å². The number of rotatable bonds is 2. The number of nitrogens with one attached hydrogen (secondary N) is 1. The van der Waals surface area contributed by atoms with Gasteiger partial charge in [-0.3, -0.25) is 19.6 Å². The lowest BCUT2D eigenvalue weighted by molar-refractivity contribution is 0.0694. The van der Waals surface area contributed by atoms with Crippen LogP contribution in [-0.4, -0.2) is 39.1 Å². The van der Waals surface area contributed by atoms with Gasteiger partial charge in [0, 0.05) is 18.0 Å². The lowest BCUT2D eigenvalue weighted by Gasteiger charge is -2.09. The highest BCUT2D eigenvalue weighted by atomic mass is 16.3. The zero-order valence-electron chi connectivity index (χ0n) is 14.9. The van der Waals surface area contributed by atoms with Crippen LogP contribution in [0.15, 0.2) is 60.7 Å². The minimum atomic E-state index is -0.365. The van der Waals surface area contributed by atoms with Crippen molar-refractivity contribution >= 4 is 22.7 Å². The van der Waals surface area contributed by atoms with Gasteiger partial charge in [-0.1, -0.05) is 42.5 Å². The number of benzene rings is 3. The average molecular weight is 369 g/mol. The van der Waals surface area contributed by atoms with Gasteiger partial charge in [-0.2, -0.15) is 5.10 Å². The lowest BCUT2D eigenvalue weighted by Crippen LogP contribution is -2.24. The molecule has 0 unspecified atom stereocenters. The average Bonchev–Trinajstić information content (AvgIpc) is 3.24. The van der Waals surface area contributed by atoms with Crippen LogP contribution in [-0.2, 0) is 0 Å². The van der Waals surface area contributed by atoms with E-state index in [1.807, 2.05) is 42.5 Å². The molecule has 136 valence electrons. The summed E-state index contributed by atoms with van der Waals surface area (Å²) in [4.78, 5) is 26.8. The summed E-state index contributed by atoms with van der Waals surface area (Å²) in [5.41, 5.74) is 3.78. The van der Waals surface area contributed by atoms with Crippen LogP contribution in [0.1, 0.15) is 20.7 Å². The Morgan fingerprint density at radius 2 is 1.57 bits per heavy atom. The molecule has 0 aliphatic carbocycles. The molecule has 0 saturated carbocycles. The summed E-state index contributed by atoms with van der Waals surface area (Å²) in [5.74, 6) is -0.605. The van der Waals surface area contributed by atoms with E-state index in [0.717, 1.165) is 10.5 Å². The summed E-state index contributed by atoms with van der Waals surface area (Å²) in [7, 11) is 1.48. The number of imide groups is 1. The molecule has 0 atom stereocenters. The molecule has 1 aliphatic heterocycles. The first-order valence-electron chi connectivity index (χ1n) is 8.79. The van der Waals surface area contributed by atoms with Crippen LogP contribution in [0.5, 0.6) is 5.75 Å². The van der Waals surface area contributed by atoms with Crippen LogP contribution in [0.3, 0.4) is 0 Å². The molecule has 3 aromatic carbocycles. The van der Waals surface area contributed by atoms with Crippen LogP contribution >= 0.6 is 0 Å². The van der Waals surface area contributed by atoms with Gasteiger partial charge in [-0.15, -0.1) is 0 Å². The first kappa shape index (κ1) is 16.3. The number of para-hydroxylation sites is 1. The van der Waals surface area contributed by atoms with E-state index in [1.165, 1.54) is 7.05 Å². The minimum absolute atomic E-state index is 0.0946. The molecule has 4 aromatic rings. The topological polar surface area (TPSA) is 86.3 Å². The van der Waals surface area contributed by atoms with E-state index in [2.05, 4.69) is 10.2 Å². The number of hydrogen-bond donors (Lipinski definition) is 2. The smallest absolute Gasteiger partial charge is 0.263 e. The van der Waals surface area contributed by atoms with Crippen LogP contribution in [0.25, 0.3) is 33.3 Å². The molecular formula is C22H15N3O3. The summed E-state index contributed by atoms with van der Waals surface area (Å²) in [5, 5.41) is 18.2. The number of phenolic OH excluding ortho intramolecular Hbond substituents is 1. The second kappa shape index (κ2) is 5.79. The summed E-state index contributed by atoms with van der Waals surface area (Å²) in [6.07, 6.45) is 0. The second-order valence-corrected chi connectivity index (χ2v) is 6.72. The van der Waals surface area contributed by atoms with Crippen LogP contribution in [0.2, 0.25) is 0 Å². The van der Waals surface area contributed by atoms with Crippen molar-refractivity contribution < 1.29 is 14.7 Å². The first-order valence-corrected chi connectivity index (χ1v) is 8.79. The van der Waals surface area contributed by atoms with Crippen molar-refractivity contribution in [3.05, 3.63) is 71.8 Å². The first-order chi connectivity index (χ1) is 13.6. The van der Waals surface area contributed by atoms with Gasteiger partial charge in [-0.25, -0.2) is 0 Å². The van der Waals surface area contributed by atoms with Crippen molar-refractivity contribution in [3.63, 3.8) is 0 Å². The third kappa shape index (κ3) is 2.11. The molecule has 0 spiro atoms. The van der Waals surface area contributed by atoms with E-state index in [1.54, 1.807) is 18.2 Å². The molecular weight excluding hydrogens is 354 g/mol. The van der Waals surface area contributed by atoms with Crippen LogP contribution in [0.4, 0.5) is 0 Å². The van der Waals surface area contributed by atoms with Gasteiger partial charge in [0.25, 0.3) is 11.8 Å². The molecule has 0 radical (unpaired) electrons. The number of carbonyl (C=O) groups excluding carboxylic acids is 2. The third-order valence-corrected chi connectivity index (χ3v) is 5.14. The van der Waals surface area contributed by atoms with Crippen molar-refractivity contribution in [3.8, 4) is 28.1 Å². The predicted octanol–water partition coefficient (Wildman–Crippen LogP) is 3.83. The van der Waals surface area contributed by atoms with Crippen molar-refractivity contribution in [1.29, 1.82) is 0 Å². The highest BCUT2D eigenvalue weighted by molar-refractivity contribution is 6.29. The van der Waals surface area contributed by atoms with Gasteiger partial charge in [0.15, 0.2) is 0 Å². The van der Waals surface area contributed by atoms with Gasteiger partial charge < -0.3 is 5.11 Å². The number of aromatic hydroxyl groups is 1. The minimum Gasteiger partial charge on any atom is -0.507 e.